The van der Waals surface area contributed by atoms with Crippen molar-refractivity contribution in [2.24, 2.45) is 5.84 Å². The fourth-order valence-electron chi connectivity index (χ4n) is 1.70. The summed E-state index contributed by atoms with van der Waals surface area (Å²) in [5.74, 6) is 6.98. The zero-order valence-electron chi connectivity index (χ0n) is 10.6. The standard InChI is InChI=1S/C13H15ClN4S/c1-2-11-12(18-15)16-8-17-13(11)19-7-9-3-5-10(14)6-4-9/h3-6,8H,2,7,15H2,1H3,(H,16,17,18). The number of hydrazine groups is 1. The van der Waals surface area contributed by atoms with E-state index < -0.39 is 0 Å². The average molecular weight is 295 g/mol. The quantitative estimate of drug-likeness (QED) is 0.383. The summed E-state index contributed by atoms with van der Waals surface area (Å²) >= 11 is 7.54. The molecule has 0 aliphatic carbocycles. The molecule has 19 heavy (non-hydrogen) atoms. The Bertz CT molecular complexity index is 545. The topological polar surface area (TPSA) is 63.8 Å². The monoisotopic (exact) mass is 294 g/mol. The zero-order chi connectivity index (χ0) is 13.7. The minimum absolute atomic E-state index is 0.691. The van der Waals surface area contributed by atoms with Crippen LogP contribution in [0.2, 0.25) is 5.02 Å². The van der Waals surface area contributed by atoms with Gasteiger partial charge >= 0.3 is 0 Å². The molecule has 0 atom stereocenters. The van der Waals surface area contributed by atoms with E-state index in [1.807, 2.05) is 24.3 Å². The molecule has 2 aromatic rings. The van der Waals surface area contributed by atoms with Crippen molar-refractivity contribution in [1.29, 1.82) is 0 Å². The van der Waals surface area contributed by atoms with E-state index in [0.717, 1.165) is 27.8 Å². The number of hydrogen-bond acceptors (Lipinski definition) is 5. The highest BCUT2D eigenvalue weighted by Gasteiger charge is 2.09. The number of rotatable bonds is 5. The van der Waals surface area contributed by atoms with Crippen LogP contribution in [-0.2, 0) is 12.2 Å². The Balaban J connectivity index is 2.13. The molecule has 0 unspecified atom stereocenters. The van der Waals surface area contributed by atoms with Crippen LogP contribution in [0.5, 0.6) is 0 Å². The number of halogens is 1. The Morgan fingerprint density at radius 2 is 2.00 bits per heavy atom. The third-order valence-corrected chi connectivity index (χ3v) is 4.04. The fraction of sp³-hybridized carbons (Fsp3) is 0.231. The molecule has 1 aromatic carbocycles. The molecule has 0 bridgehead atoms. The first-order valence-corrected chi connectivity index (χ1v) is 7.28. The van der Waals surface area contributed by atoms with E-state index in [4.69, 9.17) is 17.4 Å². The molecular formula is C13H15ClN4S. The summed E-state index contributed by atoms with van der Waals surface area (Å²) in [6, 6.07) is 7.82. The van der Waals surface area contributed by atoms with E-state index in [9.17, 15) is 0 Å². The number of nitrogens with one attached hydrogen (secondary N) is 1. The first-order valence-electron chi connectivity index (χ1n) is 5.92. The maximum absolute atomic E-state index is 5.87. The Morgan fingerprint density at radius 3 is 2.63 bits per heavy atom. The van der Waals surface area contributed by atoms with Crippen LogP contribution in [0.4, 0.5) is 5.82 Å². The van der Waals surface area contributed by atoms with Gasteiger partial charge in [-0.3, -0.25) is 0 Å². The lowest BCUT2D eigenvalue weighted by Crippen LogP contribution is -2.12. The molecule has 1 heterocycles. The van der Waals surface area contributed by atoms with Crippen molar-refractivity contribution < 1.29 is 0 Å². The van der Waals surface area contributed by atoms with Gasteiger partial charge in [0.1, 0.15) is 17.2 Å². The SMILES string of the molecule is CCc1c(NN)ncnc1SCc1ccc(Cl)cc1. The van der Waals surface area contributed by atoms with Gasteiger partial charge in [0, 0.05) is 16.3 Å². The molecule has 0 amide bonds. The van der Waals surface area contributed by atoms with Gasteiger partial charge < -0.3 is 5.43 Å². The lowest BCUT2D eigenvalue weighted by molar-refractivity contribution is 0.940. The average Bonchev–Trinajstić information content (AvgIpc) is 2.46. The Labute approximate surface area is 121 Å². The van der Waals surface area contributed by atoms with Crippen LogP contribution in [0.25, 0.3) is 0 Å². The molecule has 2 rings (SSSR count). The zero-order valence-corrected chi connectivity index (χ0v) is 12.1. The number of nitrogen functional groups attached to an aromatic ring is 1. The maximum Gasteiger partial charge on any atom is 0.147 e. The largest absolute Gasteiger partial charge is 0.308 e. The summed E-state index contributed by atoms with van der Waals surface area (Å²) in [5, 5.41) is 1.71. The molecule has 3 N–H and O–H groups in total. The van der Waals surface area contributed by atoms with E-state index in [0.29, 0.717) is 5.82 Å². The Kier molecular flexibility index (Phi) is 5.01. The van der Waals surface area contributed by atoms with Gasteiger partial charge in [0.2, 0.25) is 0 Å². The van der Waals surface area contributed by atoms with Crippen molar-refractivity contribution >= 4 is 29.2 Å². The van der Waals surface area contributed by atoms with Crippen molar-refractivity contribution in [2.75, 3.05) is 5.43 Å². The second-order valence-corrected chi connectivity index (χ2v) is 5.32. The highest BCUT2D eigenvalue weighted by molar-refractivity contribution is 7.98. The lowest BCUT2D eigenvalue weighted by atomic mass is 10.2. The highest BCUT2D eigenvalue weighted by Crippen LogP contribution is 2.28. The number of hydrogen-bond donors (Lipinski definition) is 2. The minimum atomic E-state index is 0.691. The Hall–Kier alpha value is -1.30. The second-order valence-electron chi connectivity index (χ2n) is 3.92. The molecule has 0 aliphatic heterocycles. The van der Waals surface area contributed by atoms with Crippen molar-refractivity contribution in [1.82, 2.24) is 9.97 Å². The van der Waals surface area contributed by atoms with Gasteiger partial charge in [-0.2, -0.15) is 0 Å². The maximum atomic E-state index is 5.87. The van der Waals surface area contributed by atoms with Gasteiger partial charge in [-0.25, -0.2) is 15.8 Å². The molecular weight excluding hydrogens is 280 g/mol. The smallest absolute Gasteiger partial charge is 0.147 e. The number of aromatic nitrogens is 2. The number of nitrogens with two attached hydrogens (primary N) is 1. The summed E-state index contributed by atoms with van der Waals surface area (Å²) < 4.78 is 0. The number of nitrogens with zero attached hydrogens (tertiary/aromatic N) is 2. The molecule has 4 nitrogen and oxygen atoms in total. The summed E-state index contributed by atoms with van der Waals surface area (Å²) in [6.07, 6.45) is 2.36. The predicted octanol–water partition coefficient (Wildman–Crippen LogP) is 3.27. The van der Waals surface area contributed by atoms with Gasteiger partial charge in [-0.15, -0.1) is 11.8 Å². The fourth-order valence-corrected chi connectivity index (χ4v) is 2.85. The van der Waals surface area contributed by atoms with Crippen LogP contribution in [0.3, 0.4) is 0 Å². The van der Waals surface area contributed by atoms with Crippen LogP contribution in [0.1, 0.15) is 18.1 Å². The van der Waals surface area contributed by atoms with Crippen LogP contribution in [0.15, 0.2) is 35.6 Å². The van der Waals surface area contributed by atoms with Crippen molar-refractivity contribution in [3.63, 3.8) is 0 Å². The van der Waals surface area contributed by atoms with E-state index in [2.05, 4.69) is 22.3 Å². The number of benzene rings is 1. The molecule has 0 saturated heterocycles. The van der Waals surface area contributed by atoms with Crippen LogP contribution in [0, 0.1) is 0 Å². The predicted molar refractivity (Wildman–Crippen MR) is 80.2 cm³/mol. The number of anilines is 1. The van der Waals surface area contributed by atoms with Gasteiger partial charge in [-0.1, -0.05) is 30.7 Å². The highest BCUT2D eigenvalue weighted by atomic mass is 35.5. The Morgan fingerprint density at radius 1 is 1.26 bits per heavy atom. The first kappa shape index (κ1) is 14.1. The molecule has 0 aliphatic rings. The minimum Gasteiger partial charge on any atom is -0.308 e. The van der Waals surface area contributed by atoms with Crippen molar-refractivity contribution in [3.05, 3.63) is 46.7 Å². The summed E-state index contributed by atoms with van der Waals surface area (Å²) in [7, 11) is 0. The van der Waals surface area contributed by atoms with Crippen LogP contribution in [-0.4, -0.2) is 9.97 Å². The van der Waals surface area contributed by atoms with Gasteiger partial charge in [0.05, 0.1) is 0 Å². The van der Waals surface area contributed by atoms with Crippen LogP contribution < -0.4 is 11.3 Å². The second kappa shape index (κ2) is 6.75. The normalized spacial score (nSPS) is 10.5. The molecule has 0 spiro atoms. The molecule has 0 radical (unpaired) electrons. The van der Waals surface area contributed by atoms with E-state index in [1.165, 1.54) is 11.9 Å². The van der Waals surface area contributed by atoms with Gasteiger partial charge in [-0.05, 0) is 24.1 Å². The first-order chi connectivity index (χ1) is 9.24. The van der Waals surface area contributed by atoms with Crippen LogP contribution >= 0.6 is 23.4 Å². The lowest BCUT2D eigenvalue weighted by Gasteiger charge is -2.10. The van der Waals surface area contributed by atoms with Crippen molar-refractivity contribution in [2.45, 2.75) is 24.1 Å². The number of thioether (sulfide) groups is 1. The van der Waals surface area contributed by atoms with E-state index in [-0.39, 0.29) is 0 Å². The summed E-state index contributed by atoms with van der Waals surface area (Å²) in [4.78, 5) is 8.44. The third kappa shape index (κ3) is 3.59. The van der Waals surface area contributed by atoms with Gasteiger partial charge in [0.15, 0.2) is 0 Å². The van der Waals surface area contributed by atoms with Crippen molar-refractivity contribution in [3.8, 4) is 0 Å². The van der Waals surface area contributed by atoms with E-state index >= 15 is 0 Å². The van der Waals surface area contributed by atoms with Gasteiger partial charge in [0.25, 0.3) is 0 Å². The summed E-state index contributed by atoms with van der Waals surface area (Å²) in [5.41, 5.74) is 4.86. The molecule has 0 saturated carbocycles. The van der Waals surface area contributed by atoms with E-state index in [1.54, 1.807) is 11.8 Å². The molecule has 100 valence electrons. The molecule has 6 heteroatoms. The molecule has 1 aromatic heterocycles. The molecule has 0 fully saturated rings. The summed E-state index contributed by atoms with van der Waals surface area (Å²) in [6.45, 7) is 2.06. The third-order valence-electron chi connectivity index (χ3n) is 2.68.